The van der Waals surface area contributed by atoms with E-state index in [0.717, 1.165) is 5.56 Å². The number of fused-ring (bicyclic) bond motifs is 1. The van der Waals surface area contributed by atoms with Crippen LogP contribution in [0.3, 0.4) is 0 Å². The second kappa shape index (κ2) is 7.84. The maximum Gasteiger partial charge on any atom is 0.311 e. The maximum absolute atomic E-state index is 11.4. The number of nitrogens with zero attached hydrogens (tertiary/aromatic N) is 2. The summed E-state index contributed by atoms with van der Waals surface area (Å²) in [5.41, 5.74) is 4.21. The molecule has 0 bridgehead atoms. The molecule has 0 atom stereocenters. The Bertz CT molecular complexity index is 790. The number of carbonyl (C=O) groups excluding carboxylic acids is 1. The van der Waals surface area contributed by atoms with E-state index in [-0.39, 0.29) is 19.2 Å². The Kier molecular flexibility index (Phi) is 5.34. The van der Waals surface area contributed by atoms with Crippen LogP contribution in [0.5, 0.6) is 17.2 Å². The van der Waals surface area contributed by atoms with E-state index in [1.54, 1.807) is 37.8 Å². The van der Waals surface area contributed by atoms with Crippen molar-refractivity contribution >= 4 is 28.7 Å². The molecule has 2 aromatic rings. The summed E-state index contributed by atoms with van der Waals surface area (Å²) in [6.07, 6.45) is 1.75. The van der Waals surface area contributed by atoms with Gasteiger partial charge in [0.15, 0.2) is 11.5 Å². The number of aromatic nitrogens is 1. The van der Waals surface area contributed by atoms with Crippen molar-refractivity contribution in [1.82, 2.24) is 4.98 Å². The minimum atomic E-state index is -0.298. The Balaban J connectivity index is 1.64. The van der Waals surface area contributed by atoms with E-state index in [2.05, 4.69) is 15.5 Å². The fourth-order valence-corrected chi connectivity index (χ4v) is 2.83. The molecule has 0 saturated heterocycles. The monoisotopic (exact) mass is 363 g/mol. The largest absolute Gasteiger partial charge is 0.496 e. The molecule has 1 aromatic heterocycles. The Morgan fingerprint density at radius 1 is 1.44 bits per heavy atom. The topological polar surface area (TPSA) is 91.3 Å². The highest BCUT2D eigenvalue weighted by atomic mass is 32.1. The number of hydrogen-bond donors (Lipinski definition) is 1. The van der Waals surface area contributed by atoms with Crippen molar-refractivity contribution in [3.05, 3.63) is 28.8 Å². The van der Waals surface area contributed by atoms with E-state index in [4.69, 9.17) is 18.9 Å². The van der Waals surface area contributed by atoms with E-state index in [9.17, 15) is 4.79 Å². The third-order valence-corrected chi connectivity index (χ3v) is 4.07. The number of carbonyl (C=O) groups is 1. The molecule has 1 aromatic carbocycles. The zero-order chi connectivity index (χ0) is 17.6. The lowest BCUT2D eigenvalue weighted by Crippen LogP contribution is -2.07. The number of thiazole rings is 1. The van der Waals surface area contributed by atoms with Crippen LogP contribution in [-0.2, 0) is 16.0 Å². The van der Waals surface area contributed by atoms with Gasteiger partial charge in [0.05, 0.1) is 32.0 Å². The predicted octanol–water partition coefficient (Wildman–Crippen LogP) is 2.43. The van der Waals surface area contributed by atoms with Gasteiger partial charge in [0, 0.05) is 17.0 Å². The molecule has 0 radical (unpaired) electrons. The normalized spacial score (nSPS) is 12.4. The molecule has 3 rings (SSSR count). The summed E-state index contributed by atoms with van der Waals surface area (Å²) < 4.78 is 20.9. The van der Waals surface area contributed by atoms with Crippen LogP contribution in [0.2, 0.25) is 0 Å². The zero-order valence-electron chi connectivity index (χ0n) is 13.8. The lowest BCUT2D eigenvalue weighted by molar-refractivity contribution is -0.142. The Labute approximate surface area is 148 Å². The molecule has 0 spiro atoms. The second-order valence-corrected chi connectivity index (χ2v) is 5.80. The summed E-state index contributed by atoms with van der Waals surface area (Å²) in [4.78, 5) is 15.7. The van der Waals surface area contributed by atoms with Crippen molar-refractivity contribution in [1.29, 1.82) is 0 Å². The number of hydrogen-bond acceptors (Lipinski definition) is 9. The summed E-state index contributed by atoms with van der Waals surface area (Å²) >= 11 is 1.36. The smallest absolute Gasteiger partial charge is 0.311 e. The van der Waals surface area contributed by atoms with E-state index in [0.29, 0.717) is 34.7 Å². The third kappa shape index (κ3) is 4.18. The second-order valence-electron chi connectivity index (χ2n) is 4.94. The highest BCUT2D eigenvalue weighted by Gasteiger charge is 2.17. The minimum Gasteiger partial charge on any atom is -0.496 e. The zero-order valence-corrected chi connectivity index (χ0v) is 14.6. The maximum atomic E-state index is 11.4. The number of rotatable bonds is 7. The molecular weight excluding hydrogens is 346 g/mol. The molecule has 2 heterocycles. The van der Waals surface area contributed by atoms with Crippen LogP contribution in [0, 0.1) is 0 Å². The van der Waals surface area contributed by atoms with Crippen molar-refractivity contribution in [2.75, 3.05) is 25.9 Å². The van der Waals surface area contributed by atoms with Gasteiger partial charge in [-0.05, 0) is 13.0 Å². The first kappa shape index (κ1) is 17.0. The Morgan fingerprint density at radius 2 is 2.24 bits per heavy atom. The van der Waals surface area contributed by atoms with E-state index in [1.807, 2.05) is 0 Å². The lowest BCUT2D eigenvalue weighted by atomic mass is 10.2. The van der Waals surface area contributed by atoms with Crippen LogP contribution in [0.25, 0.3) is 0 Å². The molecule has 0 unspecified atom stereocenters. The van der Waals surface area contributed by atoms with Crippen LogP contribution in [-0.4, -0.2) is 37.7 Å². The first-order chi connectivity index (χ1) is 12.2. The molecule has 9 heteroatoms. The highest BCUT2D eigenvalue weighted by molar-refractivity contribution is 7.13. The van der Waals surface area contributed by atoms with Gasteiger partial charge in [-0.15, -0.1) is 11.3 Å². The lowest BCUT2D eigenvalue weighted by Gasteiger charge is -2.05. The van der Waals surface area contributed by atoms with Crippen molar-refractivity contribution in [3.8, 4) is 17.2 Å². The summed E-state index contributed by atoms with van der Waals surface area (Å²) in [6, 6.07) is 3.55. The van der Waals surface area contributed by atoms with Gasteiger partial charge in [-0.2, -0.15) is 5.10 Å². The molecule has 25 heavy (non-hydrogen) atoms. The predicted molar refractivity (Wildman–Crippen MR) is 92.8 cm³/mol. The van der Waals surface area contributed by atoms with Gasteiger partial charge in [0.1, 0.15) is 5.75 Å². The fourth-order valence-electron chi connectivity index (χ4n) is 2.17. The van der Waals surface area contributed by atoms with Crippen LogP contribution in [0.1, 0.15) is 18.2 Å². The standard InChI is InChI=1S/C16H17N3O5S/c1-3-22-15(20)5-11-8-25-16(18-11)19-17-7-10-4-13-14(24-9-23-13)6-12(10)21-2/h4,6-8H,3,5,9H2,1-2H3,(H,18,19). The van der Waals surface area contributed by atoms with E-state index < -0.39 is 0 Å². The number of benzene rings is 1. The van der Waals surface area contributed by atoms with Crippen LogP contribution >= 0.6 is 11.3 Å². The SMILES string of the molecule is CCOC(=O)Cc1csc(NN=Cc2cc3c(cc2OC)OCO3)n1. The number of esters is 1. The van der Waals surface area contributed by atoms with Crippen molar-refractivity contribution in [3.63, 3.8) is 0 Å². The van der Waals surface area contributed by atoms with Gasteiger partial charge >= 0.3 is 5.97 Å². The first-order valence-corrected chi connectivity index (χ1v) is 8.44. The molecule has 0 saturated carbocycles. The molecule has 0 aliphatic carbocycles. The van der Waals surface area contributed by atoms with Gasteiger partial charge in [-0.25, -0.2) is 4.98 Å². The Morgan fingerprint density at radius 3 is 3.00 bits per heavy atom. The number of methoxy groups -OCH3 is 1. The molecule has 0 amide bonds. The summed E-state index contributed by atoms with van der Waals surface area (Å²) in [7, 11) is 1.57. The van der Waals surface area contributed by atoms with Gasteiger partial charge in [-0.1, -0.05) is 0 Å². The molecule has 8 nitrogen and oxygen atoms in total. The number of ether oxygens (including phenoxy) is 4. The van der Waals surface area contributed by atoms with Gasteiger partial charge in [-0.3, -0.25) is 10.2 Å². The average molecular weight is 363 g/mol. The number of anilines is 1. The molecule has 132 valence electrons. The van der Waals surface area contributed by atoms with E-state index >= 15 is 0 Å². The molecular formula is C16H17N3O5S. The van der Waals surface area contributed by atoms with Crippen molar-refractivity contribution in [2.45, 2.75) is 13.3 Å². The summed E-state index contributed by atoms with van der Waals surface area (Å²) in [5, 5.41) is 6.52. The van der Waals surface area contributed by atoms with E-state index in [1.165, 1.54) is 11.3 Å². The first-order valence-electron chi connectivity index (χ1n) is 7.56. The third-order valence-electron chi connectivity index (χ3n) is 3.27. The Hall–Kier alpha value is -2.81. The average Bonchev–Trinajstić information content (AvgIpc) is 3.23. The summed E-state index contributed by atoms with van der Waals surface area (Å²) in [5.74, 6) is 1.61. The van der Waals surface area contributed by atoms with Crippen LogP contribution in [0.15, 0.2) is 22.6 Å². The molecule has 0 fully saturated rings. The fraction of sp³-hybridized carbons (Fsp3) is 0.312. The van der Waals surface area contributed by atoms with Crippen molar-refractivity contribution < 1.29 is 23.7 Å². The molecule has 1 aliphatic heterocycles. The van der Waals surface area contributed by atoms with Crippen LogP contribution < -0.4 is 19.6 Å². The van der Waals surface area contributed by atoms with Gasteiger partial charge < -0.3 is 18.9 Å². The molecule has 1 aliphatic rings. The van der Waals surface area contributed by atoms with Gasteiger partial charge in [0.25, 0.3) is 0 Å². The van der Waals surface area contributed by atoms with Crippen molar-refractivity contribution in [2.24, 2.45) is 5.10 Å². The summed E-state index contributed by atoms with van der Waals surface area (Å²) in [6.45, 7) is 2.32. The number of hydrazone groups is 1. The minimum absolute atomic E-state index is 0.145. The van der Waals surface area contributed by atoms with Gasteiger partial charge in [0.2, 0.25) is 11.9 Å². The highest BCUT2D eigenvalue weighted by Crippen LogP contribution is 2.37. The quantitative estimate of drug-likeness (QED) is 0.459. The molecule has 1 N–H and O–H groups in total. The van der Waals surface area contributed by atoms with Crippen LogP contribution in [0.4, 0.5) is 5.13 Å². The number of nitrogens with one attached hydrogen (secondary N) is 1.